The third-order valence-corrected chi connectivity index (χ3v) is 0.827. The lowest BCUT2D eigenvalue weighted by molar-refractivity contribution is -0.134. The van der Waals surface area contributed by atoms with E-state index in [4.69, 9.17) is 14.6 Å². The van der Waals surface area contributed by atoms with E-state index in [2.05, 4.69) is 0 Å². The van der Waals surface area contributed by atoms with Gasteiger partial charge in [0.2, 0.25) is 0 Å². The maximum absolute atomic E-state index is 9.00. The van der Waals surface area contributed by atoms with E-state index in [0.717, 1.165) is 20.1 Å². The Morgan fingerprint density at radius 1 is 1.40 bits per heavy atom. The molecule has 10 heavy (non-hydrogen) atoms. The molecule has 0 bridgehead atoms. The maximum atomic E-state index is 9.00. The van der Waals surface area contributed by atoms with Gasteiger partial charge in [0, 0.05) is 20.1 Å². The first-order chi connectivity index (χ1) is 4.23. The lowest BCUT2D eigenvalue weighted by Crippen LogP contribution is -1.78. The highest BCUT2D eigenvalue weighted by Crippen LogP contribution is 1.98. The van der Waals surface area contributed by atoms with Gasteiger partial charge in [-0.2, -0.15) is 0 Å². The second-order valence-corrected chi connectivity index (χ2v) is 1.84. The molecule has 4 N–H and O–H groups in total. The Morgan fingerprint density at radius 3 is 1.80 bits per heavy atom. The van der Waals surface area contributed by atoms with Crippen LogP contribution in [0, 0.1) is 0 Å². The van der Waals surface area contributed by atoms with Crippen molar-refractivity contribution in [1.29, 1.82) is 0 Å². The molecule has 0 saturated carbocycles. The molecule has 0 unspecified atom stereocenters. The predicted octanol–water partition coefficient (Wildman–Crippen LogP) is 1.05. The molecular weight excluding hydrogens is 134 g/mol. The van der Waals surface area contributed by atoms with Gasteiger partial charge in [0.05, 0.1) is 0 Å². The molecule has 4 heteroatoms. The van der Waals surface area contributed by atoms with Gasteiger partial charge in [0.15, 0.2) is 0 Å². The Labute approximate surface area is 60.8 Å². The molecule has 4 nitrogen and oxygen atoms in total. The number of rotatable bonds is 0. The van der Waals surface area contributed by atoms with Crippen LogP contribution >= 0.6 is 0 Å². The molecular formula is C6H15NO3. The zero-order valence-corrected chi connectivity index (χ0v) is 6.30. The molecule has 62 valence electrons. The summed E-state index contributed by atoms with van der Waals surface area (Å²) in [4.78, 5) is 9.00. The summed E-state index contributed by atoms with van der Waals surface area (Å²) < 4.78 is 4.94. The number of carboxylic acids is 1. The molecule has 1 fully saturated rings. The molecule has 0 amide bonds. The fraction of sp³-hybridized carbons (Fsp3) is 0.833. The van der Waals surface area contributed by atoms with E-state index in [-0.39, 0.29) is 6.15 Å². The Kier molecular flexibility index (Phi) is 10.2. The number of hydrogen-bond donors (Lipinski definition) is 2. The van der Waals surface area contributed by atoms with E-state index < -0.39 is 5.97 Å². The molecule has 0 aliphatic carbocycles. The van der Waals surface area contributed by atoms with Crippen molar-refractivity contribution in [3.05, 3.63) is 0 Å². The second-order valence-electron chi connectivity index (χ2n) is 1.84. The van der Waals surface area contributed by atoms with Crippen molar-refractivity contribution in [3.63, 3.8) is 0 Å². The fourth-order valence-corrected chi connectivity index (χ4v) is 0.510. The van der Waals surface area contributed by atoms with Crippen LogP contribution in [0.2, 0.25) is 0 Å². The predicted molar refractivity (Wildman–Crippen MR) is 38.4 cm³/mol. The first-order valence-electron chi connectivity index (χ1n) is 3.01. The van der Waals surface area contributed by atoms with Crippen LogP contribution in [0.5, 0.6) is 0 Å². The lowest BCUT2D eigenvalue weighted by Gasteiger charge is -1.76. The first kappa shape index (κ1) is 12.1. The molecule has 1 saturated heterocycles. The van der Waals surface area contributed by atoms with Crippen LogP contribution in [0.25, 0.3) is 0 Å². The summed E-state index contributed by atoms with van der Waals surface area (Å²) in [7, 11) is 0. The minimum absolute atomic E-state index is 0. The van der Waals surface area contributed by atoms with Gasteiger partial charge in [-0.25, -0.2) is 0 Å². The van der Waals surface area contributed by atoms with Crippen molar-refractivity contribution >= 4 is 5.97 Å². The Morgan fingerprint density at radius 2 is 1.70 bits per heavy atom. The smallest absolute Gasteiger partial charge is 0.300 e. The van der Waals surface area contributed by atoms with Crippen molar-refractivity contribution in [2.24, 2.45) is 0 Å². The van der Waals surface area contributed by atoms with E-state index in [1.807, 2.05) is 0 Å². The molecule has 1 heterocycles. The summed E-state index contributed by atoms with van der Waals surface area (Å²) in [5.41, 5.74) is 0. The largest absolute Gasteiger partial charge is 0.481 e. The molecule has 0 atom stereocenters. The molecule has 1 aliphatic heterocycles. The number of ether oxygens (including phenoxy) is 1. The van der Waals surface area contributed by atoms with Gasteiger partial charge < -0.3 is 16.0 Å². The summed E-state index contributed by atoms with van der Waals surface area (Å²) in [5.74, 6) is -0.833. The fourth-order valence-electron chi connectivity index (χ4n) is 0.510. The zero-order valence-electron chi connectivity index (χ0n) is 6.30. The van der Waals surface area contributed by atoms with E-state index in [9.17, 15) is 0 Å². The molecule has 1 rings (SSSR count). The van der Waals surface area contributed by atoms with Crippen LogP contribution in [-0.2, 0) is 9.53 Å². The molecule has 0 aromatic heterocycles. The zero-order chi connectivity index (χ0) is 7.11. The van der Waals surface area contributed by atoms with Gasteiger partial charge in [-0.05, 0) is 12.8 Å². The SMILES string of the molecule is C1CCOC1.CC(=O)O.N. The third-order valence-electron chi connectivity index (χ3n) is 0.827. The van der Waals surface area contributed by atoms with Crippen LogP contribution in [0.15, 0.2) is 0 Å². The van der Waals surface area contributed by atoms with Gasteiger partial charge in [0.1, 0.15) is 0 Å². The summed E-state index contributed by atoms with van der Waals surface area (Å²) in [6.07, 6.45) is 2.56. The minimum atomic E-state index is -0.833. The molecule has 0 spiro atoms. The topological polar surface area (TPSA) is 81.5 Å². The molecule has 0 radical (unpaired) electrons. The highest BCUT2D eigenvalue weighted by Gasteiger charge is 1.94. The van der Waals surface area contributed by atoms with Crippen molar-refractivity contribution in [3.8, 4) is 0 Å². The van der Waals surface area contributed by atoms with Crippen LogP contribution < -0.4 is 6.15 Å². The number of carboxylic acid groups (broad SMARTS) is 1. The van der Waals surface area contributed by atoms with Gasteiger partial charge in [-0.1, -0.05) is 0 Å². The van der Waals surface area contributed by atoms with E-state index in [1.165, 1.54) is 12.8 Å². The molecule has 1 aliphatic rings. The van der Waals surface area contributed by atoms with Crippen LogP contribution in [0.4, 0.5) is 0 Å². The highest BCUT2D eigenvalue weighted by atomic mass is 16.5. The molecule has 0 aromatic carbocycles. The average Bonchev–Trinajstić information content (AvgIpc) is 2.11. The van der Waals surface area contributed by atoms with E-state index >= 15 is 0 Å². The van der Waals surface area contributed by atoms with Crippen molar-refractivity contribution < 1.29 is 14.6 Å². The Bertz CT molecular complexity index is 69.5. The summed E-state index contributed by atoms with van der Waals surface area (Å²) in [6.45, 7) is 3.08. The van der Waals surface area contributed by atoms with Gasteiger partial charge >= 0.3 is 0 Å². The summed E-state index contributed by atoms with van der Waals surface area (Å²) >= 11 is 0. The van der Waals surface area contributed by atoms with Gasteiger partial charge in [-0.15, -0.1) is 0 Å². The highest BCUT2D eigenvalue weighted by molar-refractivity contribution is 5.62. The molecule has 0 aromatic rings. The number of aliphatic carboxylic acids is 1. The minimum Gasteiger partial charge on any atom is -0.481 e. The third kappa shape index (κ3) is 15.7. The first-order valence-corrected chi connectivity index (χ1v) is 3.01. The Balaban J connectivity index is 0. The number of carbonyl (C=O) groups is 1. The van der Waals surface area contributed by atoms with E-state index in [1.54, 1.807) is 0 Å². The van der Waals surface area contributed by atoms with Gasteiger partial charge in [0.25, 0.3) is 5.97 Å². The van der Waals surface area contributed by atoms with Crippen molar-refractivity contribution in [1.82, 2.24) is 6.15 Å². The standard InChI is InChI=1S/C4H8O.C2H4O2.H3N/c1-2-4-5-3-1;1-2(3)4;/h1-4H2;1H3,(H,3,4);1H3. The average molecular weight is 149 g/mol. The maximum Gasteiger partial charge on any atom is 0.300 e. The summed E-state index contributed by atoms with van der Waals surface area (Å²) in [5, 5.41) is 7.42. The monoisotopic (exact) mass is 149 g/mol. The number of hydrogen-bond acceptors (Lipinski definition) is 3. The normalized spacial score (nSPS) is 14.5. The Hall–Kier alpha value is -0.610. The lowest BCUT2D eigenvalue weighted by atomic mass is 10.4. The van der Waals surface area contributed by atoms with Crippen LogP contribution in [-0.4, -0.2) is 24.3 Å². The van der Waals surface area contributed by atoms with Crippen molar-refractivity contribution in [2.45, 2.75) is 19.8 Å². The van der Waals surface area contributed by atoms with Gasteiger partial charge in [-0.3, -0.25) is 4.79 Å². The van der Waals surface area contributed by atoms with Crippen molar-refractivity contribution in [2.75, 3.05) is 13.2 Å². The second kappa shape index (κ2) is 8.39. The van der Waals surface area contributed by atoms with Crippen LogP contribution in [0.3, 0.4) is 0 Å². The van der Waals surface area contributed by atoms with E-state index in [0.29, 0.717) is 0 Å². The quantitative estimate of drug-likeness (QED) is 0.539. The van der Waals surface area contributed by atoms with Crippen LogP contribution in [0.1, 0.15) is 19.8 Å². The summed E-state index contributed by atoms with van der Waals surface area (Å²) in [6, 6.07) is 0.